The van der Waals surface area contributed by atoms with Gasteiger partial charge in [0.1, 0.15) is 11.5 Å². The number of benzene rings is 3. The van der Waals surface area contributed by atoms with E-state index in [2.05, 4.69) is 6.92 Å². The van der Waals surface area contributed by atoms with Gasteiger partial charge < -0.3 is 18.9 Å². The average molecular weight is 629 g/mol. The van der Waals surface area contributed by atoms with Gasteiger partial charge in [-0.25, -0.2) is 9.59 Å². The number of alkyl halides is 3. The van der Waals surface area contributed by atoms with Gasteiger partial charge in [-0.3, -0.25) is 0 Å². The Morgan fingerprint density at radius 1 is 0.644 bits per heavy atom. The molecule has 0 radical (unpaired) electrons. The van der Waals surface area contributed by atoms with Crippen LogP contribution in [0.15, 0.2) is 72.8 Å². The molecule has 0 N–H and O–H groups in total. The van der Waals surface area contributed by atoms with E-state index in [0.29, 0.717) is 31.8 Å². The van der Waals surface area contributed by atoms with E-state index < -0.39 is 24.2 Å². The normalized spacial score (nSPS) is 12.0. The average Bonchev–Trinajstić information content (AvgIpc) is 3.04. The molecule has 0 amide bonds. The lowest BCUT2D eigenvalue weighted by atomic mass is 10.0. The summed E-state index contributed by atoms with van der Waals surface area (Å²) in [5, 5.41) is 0. The van der Waals surface area contributed by atoms with Crippen molar-refractivity contribution in [3.8, 4) is 22.6 Å². The van der Waals surface area contributed by atoms with Crippen molar-refractivity contribution in [2.45, 2.75) is 83.9 Å². The van der Waals surface area contributed by atoms with Crippen molar-refractivity contribution in [1.29, 1.82) is 0 Å². The number of esters is 2. The van der Waals surface area contributed by atoms with Gasteiger partial charge in [0.2, 0.25) is 0 Å². The van der Waals surface area contributed by atoms with Crippen molar-refractivity contribution in [3.63, 3.8) is 0 Å². The number of hydrogen-bond donors (Lipinski definition) is 0. The Labute approximate surface area is 263 Å². The van der Waals surface area contributed by atoms with E-state index in [1.807, 2.05) is 36.4 Å². The Balaban J connectivity index is 1.48. The smallest absolute Gasteiger partial charge is 0.425 e. The molecule has 1 atom stereocenters. The second-order valence-corrected chi connectivity index (χ2v) is 10.8. The first-order valence-electron chi connectivity index (χ1n) is 15.7. The van der Waals surface area contributed by atoms with E-state index in [9.17, 15) is 22.8 Å². The number of halogens is 3. The number of unbranched alkanes of at least 4 members (excludes halogenated alkanes) is 6. The third kappa shape index (κ3) is 12.6. The standard InChI is InChI=1S/C36H43F3O6/c1-3-5-6-7-8-10-26-43-31-21-17-28(18-22-31)27-13-15-29(16-14-27)34(40)44-32-23-19-30(20-24-32)35(41)45-33(36(37,38)39)12-9-11-25-42-4-2/h13-24,33H,3-12,25-26H2,1-2H3. The minimum atomic E-state index is -4.68. The lowest BCUT2D eigenvalue weighted by Gasteiger charge is -2.20. The summed E-state index contributed by atoms with van der Waals surface area (Å²) in [6.45, 7) is 5.55. The van der Waals surface area contributed by atoms with Crippen molar-refractivity contribution >= 4 is 11.9 Å². The number of rotatable bonds is 19. The number of carbonyl (C=O) groups excluding carboxylic acids is 2. The molecule has 0 aliphatic heterocycles. The third-order valence-electron chi connectivity index (χ3n) is 7.20. The highest BCUT2D eigenvalue weighted by atomic mass is 19.4. The largest absolute Gasteiger partial charge is 0.494 e. The van der Waals surface area contributed by atoms with Gasteiger partial charge >= 0.3 is 18.1 Å². The summed E-state index contributed by atoms with van der Waals surface area (Å²) in [6, 6.07) is 19.9. The lowest BCUT2D eigenvalue weighted by molar-refractivity contribution is -0.206. The van der Waals surface area contributed by atoms with Crippen LogP contribution in [0.5, 0.6) is 11.5 Å². The van der Waals surface area contributed by atoms with Crippen molar-refractivity contribution in [2.75, 3.05) is 19.8 Å². The molecule has 0 saturated heterocycles. The molecular formula is C36H43F3O6. The van der Waals surface area contributed by atoms with Crippen LogP contribution in [-0.2, 0) is 9.47 Å². The number of ether oxygens (including phenoxy) is 4. The molecule has 0 saturated carbocycles. The summed E-state index contributed by atoms with van der Waals surface area (Å²) in [7, 11) is 0. The summed E-state index contributed by atoms with van der Waals surface area (Å²) in [5.74, 6) is -0.756. The zero-order valence-corrected chi connectivity index (χ0v) is 26.1. The molecule has 0 fully saturated rings. The van der Waals surface area contributed by atoms with Gasteiger partial charge in [-0.05, 0) is 92.3 Å². The van der Waals surface area contributed by atoms with Crippen LogP contribution in [0.1, 0.15) is 92.4 Å². The van der Waals surface area contributed by atoms with Gasteiger partial charge in [0.15, 0.2) is 6.10 Å². The van der Waals surface area contributed by atoms with Crippen LogP contribution < -0.4 is 9.47 Å². The van der Waals surface area contributed by atoms with E-state index in [4.69, 9.17) is 18.9 Å². The maximum atomic E-state index is 13.4. The van der Waals surface area contributed by atoms with E-state index >= 15 is 0 Å². The molecule has 0 spiro atoms. The van der Waals surface area contributed by atoms with E-state index in [0.717, 1.165) is 23.3 Å². The van der Waals surface area contributed by atoms with Gasteiger partial charge in [0.05, 0.1) is 17.7 Å². The first kappa shape index (κ1) is 35.6. The minimum absolute atomic E-state index is 0.0819. The van der Waals surface area contributed by atoms with E-state index in [1.165, 1.54) is 56.4 Å². The molecule has 244 valence electrons. The predicted molar refractivity (Wildman–Crippen MR) is 168 cm³/mol. The molecule has 1 unspecified atom stereocenters. The Morgan fingerprint density at radius 3 is 1.80 bits per heavy atom. The van der Waals surface area contributed by atoms with E-state index in [-0.39, 0.29) is 24.2 Å². The summed E-state index contributed by atoms with van der Waals surface area (Å²) < 4.78 is 61.3. The Kier molecular flexibility index (Phi) is 14.9. The van der Waals surface area contributed by atoms with Crippen LogP contribution in [-0.4, -0.2) is 44.0 Å². The molecule has 9 heteroatoms. The molecular weight excluding hydrogens is 585 g/mol. The summed E-state index contributed by atoms with van der Waals surface area (Å²) >= 11 is 0. The second-order valence-electron chi connectivity index (χ2n) is 10.8. The van der Waals surface area contributed by atoms with Crippen LogP contribution in [0.4, 0.5) is 13.2 Å². The van der Waals surface area contributed by atoms with Crippen LogP contribution in [0.2, 0.25) is 0 Å². The predicted octanol–water partition coefficient (Wildman–Crippen LogP) is 9.61. The van der Waals surface area contributed by atoms with Crippen molar-refractivity contribution in [1.82, 2.24) is 0 Å². The number of carbonyl (C=O) groups is 2. The highest BCUT2D eigenvalue weighted by Crippen LogP contribution is 2.28. The Morgan fingerprint density at radius 2 is 1.18 bits per heavy atom. The molecule has 0 bridgehead atoms. The highest BCUT2D eigenvalue weighted by Gasteiger charge is 2.42. The van der Waals surface area contributed by atoms with Crippen LogP contribution in [0, 0.1) is 0 Å². The van der Waals surface area contributed by atoms with Crippen molar-refractivity contribution < 1.29 is 41.7 Å². The van der Waals surface area contributed by atoms with Gasteiger partial charge in [-0.2, -0.15) is 13.2 Å². The maximum Gasteiger partial charge on any atom is 0.425 e. The fourth-order valence-corrected chi connectivity index (χ4v) is 4.60. The SMILES string of the molecule is CCCCCCCCOc1ccc(-c2ccc(C(=O)Oc3ccc(C(=O)OC(CCCCOCC)C(F)(F)F)cc3)cc2)cc1. The summed E-state index contributed by atoms with van der Waals surface area (Å²) in [5.41, 5.74) is 2.13. The van der Waals surface area contributed by atoms with Gasteiger partial charge in [-0.1, -0.05) is 63.3 Å². The maximum absolute atomic E-state index is 13.4. The van der Waals surface area contributed by atoms with Crippen molar-refractivity contribution in [3.05, 3.63) is 83.9 Å². The monoisotopic (exact) mass is 628 g/mol. The Bertz CT molecular complexity index is 1290. The van der Waals surface area contributed by atoms with E-state index in [1.54, 1.807) is 19.1 Å². The second kappa shape index (κ2) is 18.8. The first-order chi connectivity index (χ1) is 21.7. The fraction of sp³-hybridized carbons (Fsp3) is 0.444. The molecule has 0 aliphatic rings. The third-order valence-corrected chi connectivity index (χ3v) is 7.20. The van der Waals surface area contributed by atoms with Crippen LogP contribution >= 0.6 is 0 Å². The van der Waals surface area contributed by atoms with Crippen LogP contribution in [0.3, 0.4) is 0 Å². The topological polar surface area (TPSA) is 71.1 Å². The molecule has 45 heavy (non-hydrogen) atoms. The highest BCUT2D eigenvalue weighted by molar-refractivity contribution is 5.92. The van der Waals surface area contributed by atoms with Gasteiger partial charge in [0, 0.05) is 13.2 Å². The fourth-order valence-electron chi connectivity index (χ4n) is 4.60. The molecule has 3 rings (SSSR count). The zero-order chi connectivity index (χ0) is 32.5. The van der Waals surface area contributed by atoms with Gasteiger partial charge in [-0.15, -0.1) is 0 Å². The zero-order valence-electron chi connectivity index (χ0n) is 26.1. The van der Waals surface area contributed by atoms with Crippen molar-refractivity contribution in [2.24, 2.45) is 0 Å². The molecule has 6 nitrogen and oxygen atoms in total. The minimum Gasteiger partial charge on any atom is -0.494 e. The lowest BCUT2D eigenvalue weighted by Crippen LogP contribution is -2.34. The Hall–Kier alpha value is -3.85. The number of hydrogen-bond acceptors (Lipinski definition) is 6. The first-order valence-corrected chi connectivity index (χ1v) is 15.7. The molecule has 0 aliphatic carbocycles. The molecule has 0 heterocycles. The molecule has 0 aromatic heterocycles. The van der Waals surface area contributed by atoms with Crippen LogP contribution in [0.25, 0.3) is 11.1 Å². The molecule has 3 aromatic rings. The quantitative estimate of drug-likeness (QED) is 0.0748. The summed E-state index contributed by atoms with van der Waals surface area (Å²) in [4.78, 5) is 25.1. The van der Waals surface area contributed by atoms with Gasteiger partial charge in [0.25, 0.3) is 0 Å². The molecule has 3 aromatic carbocycles. The summed E-state index contributed by atoms with van der Waals surface area (Å²) in [6.07, 6.45) is 0.650.